The predicted molar refractivity (Wildman–Crippen MR) is 108 cm³/mol. The van der Waals surface area contributed by atoms with E-state index in [4.69, 9.17) is 16.2 Å². The van der Waals surface area contributed by atoms with Gasteiger partial charge >= 0.3 is 5.97 Å². The van der Waals surface area contributed by atoms with Gasteiger partial charge in [0, 0.05) is 6.54 Å². The van der Waals surface area contributed by atoms with Crippen molar-refractivity contribution in [3.63, 3.8) is 0 Å². The van der Waals surface area contributed by atoms with E-state index in [2.05, 4.69) is 9.71 Å². The van der Waals surface area contributed by atoms with Gasteiger partial charge in [0.2, 0.25) is 10.0 Å². The van der Waals surface area contributed by atoms with Crippen molar-refractivity contribution in [2.45, 2.75) is 31.3 Å². The van der Waals surface area contributed by atoms with Crippen molar-refractivity contribution in [3.8, 4) is 0 Å². The maximum absolute atomic E-state index is 12.1. The summed E-state index contributed by atoms with van der Waals surface area (Å²) in [5.74, 6) is -0.574. The second-order valence-electron chi connectivity index (χ2n) is 6.05. The number of aliphatic imine (C=N–C) groups is 1. The first kappa shape index (κ1) is 21.4. The minimum absolute atomic E-state index is 0.0259. The van der Waals surface area contributed by atoms with Gasteiger partial charge in [0.15, 0.2) is 5.96 Å². The molecule has 2 aromatic rings. The third-order valence-electron chi connectivity index (χ3n) is 3.79. The fourth-order valence-electron chi connectivity index (χ4n) is 2.28. The minimum Gasteiger partial charge on any atom is -0.457 e. The van der Waals surface area contributed by atoms with Crippen LogP contribution in [-0.4, -0.2) is 26.9 Å². The number of hydrogen-bond donors (Lipinski definition) is 3. The molecule has 0 aliphatic heterocycles. The summed E-state index contributed by atoms with van der Waals surface area (Å²) < 4.78 is 32.1. The number of ether oxygens (including phenoxy) is 1. The molecule has 0 heterocycles. The zero-order chi connectivity index (χ0) is 20.6. The van der Waals surface area contributed by atoms with E-state index in [0.717, 1.165) is 12.8 Å². The Morgan fingerprint density at radius 2 is 1.71 bits per heavy atom. The first-order chi connectivity index (χ1) is 13.3. The van der Waals surface area contributed by atoms with Crippen LogP contribution in [0.3, 0.4) is 0 Å². The largest absolute Gasteiger partial charge is 0.457 e. The molecule has 8 nitrogen and oxygen atoms in total. The van der Waals surface area contributed by atoms with E-state index in [0.29, 0.717) is 23.4 Å². The van der Waals surface area contributed by atoms with Crippen LogP contribution in [0, 0.1) is 0 Å². The lowest BCUT2D eigenvalue weighted by molar-refractivity contribution is 0.0472. The maximum atomic E-state index is 12.1. The second-order valence-corrected chi connectivity index (χ2v) is 7.82. The third kappa shape index (κ3) is 6.36. The number of rotatable bonds is 9. The standard InChI is InChI=1S/C19H24N4O4S/c1-2-3-12-22-28(25,26)17-10-4-14(5-11-17)13-27-18(24)15-6-8-16(9-7-15)23-19(20)21/h4-11,22H,2-3,12-13H2,1H3,(H4,20,21,23). The molecule has 2 rings (SSSR count). The van der Waals surface area contributed by atoms with E-state index < -0.39 is 16.0 Å². The van der Waals surface area contributed by atoms with Gasteiger partial charge in [-0.1, -0.05) is 25.5 Å². The van der Waals surface area contributed by atoms with E-state index >= 15 is 0 Å². The molecule has 28 heavy (non-hydrogen) atoms. The topological polar surface area (TPSA) is 137 Å². The number of guanidine groups is 1. The number of sulfonamides is 1. The number of carbonyl (C=O) groups is 1. The van der Waals surface area contributed by atoms with Gasteiger partial charge in [0.05, 0.1) is 16.1 Å². The molecule has 150 valence electrons. The summed E-state index contributed by atoms with van der Waals surface area (Å²) in [4.78, 5) is 16.2. The normalized spacial score (nSPS) is 11.0. The van der Waals surface area contributed by atoms with Crippen LogP contribution < -0.4 is 16.2 Å². The zero-order valence-corrected chi connectivity index (χ0v) is 16.4. The Morgan fingerprint density at radius 3 is 2.29 bits per heavy atom. The molecule has 2 aromatic carbocycles. The quantitative estimate of drug-likeness (QED) is 0.253. The van der Waals surface area contributed by atoms with Gasteiger partial charge in [0.1, 0.15) is 6.61 Å². The fourth-order valence-corrected chi connectivity index (χ4v) is 3.36. The molecule has 9 heteroatoms. The van der Waals surface area contributed by atoms with Crippen LogP contribution in [0.5, 0.6) is 0 Å². The molecule has 0 radical (unpaired) electrons. The molecule has 0 aliphatic rings. The van der Waals surface area contributed by atoms with Gasteiger partial charge in [-0.05, 0) is 48.4 Å². The lowest BCUT2D eigenvalue weighted by Crippen LogP contribution is -2.24. The summed E-state index contributed by atoms with van der Waals surface area (Å²) in [5.41, 5.74) is 12.2. The number of benzene rings is 2. The Kier molecular flexibility index (Phi) is 7.53. The Bertz CT molecular complexity index is 919. The first-order valence-corrected chi connectivity index (χ1v) is 10.3. The highest BCUT2D eigenvalue weighted by Crippen LogP contribution is 2.15. The Hall–Kier alpha value is -2.91. The van der Waals surface area contributed by atoms with E-state index in [1.165, 1.54) is 12.1 Å². The first-order valence-electron chi connectivity index (χ1n) is 8.77. The van der Waals surface area contributed by atoms with Gasteiger partial charge in [-0.2, -0.15) is 0 Å². The van der Waals surface area contributed by atoms with Crippen molar-refractivity contribution in [2.75, 3.05) is 6.54 Å². The lowest BCUT2D eigenvalue weighted by atomic mass is 10.2. The van der Waals surface area contributed by atoms with E-state index in [1.807, 2.05) is 6.92 Å². The van der Waals surface area contributed by atoms with Gasteiger partial charge in [-0.15, -0.1) is 0 Å². The molecule has 0 spiro atoms. The predicted octanol–water partition coefficient (Wildman–Crippen LogP) is 2.03. The van der Waals surface area contributed by atoms with Crippen LogP contribution in [0.4, 0.5) is 5.69 Å². The van der Waals surface area contributed by atoms with Crippen LogP contribution >= 0.6 is 0 Å². The van der Waals surface area contributed by atoms with Crippen LogP contribution in [-0.2, 0) is 21.4 Å². The van der Waals surface area contributed by atoms with Crippen molar-refractivity contribution in [1.29, 1.82) is 0 Å². The van der Waals surface area contributed by atoms with Crippen molar-refractivity contribution >= 4 is 27.6 Å². The molecular formula is C19H24N4O4S. The average Bonchev–Trinajstić information content (AvgIpc) is 2.66. The highest BCUT2D eigenvalue weighted by Gasteiger charge is 2.13. The van der Waals surface area contributed by atoms with Gasteiger partial charge in [-0.25, -0.2) is 22.9 Å². The molecule has 0 unspecified atom stereocenters. The number of esters is 1. The molecular weight excluding hydrogens is 380 g/mol. The summed E-state index contributed by atoms with van der Waals surface area (Å²) in [5, 5.41) is 0. The van der Waals surface area contributed by atoms with Crippen LogP contribution in [0.2, 0.25) is 0 Å². The summed E-state index contributed by atoms with van der Waals surface area (Å²) in [6.45, 7) is 2.42. The van der Waals surface area contributed by atoms with Gasteiger partial charge < -0.3 is 16.2 Å². The SMILES string of the molecule is CCCCNS(=O)(=O)c1ccc(COC(=O)c2ccc(N=C(N)N)cc2)cc1. The number of nitrogens with one attached hydrogen (secondary N) is 1. The van der Waals surface area contributed by atoms with Crippen molar-refractivity contribution in [2.24, 2.45) is 16.5 Å². The van der Waals surface area contributed by atoms with Crippen molar-refractivity contribution in [3.05, 3.63) is 59.7 Å². The molecule has 0 saturated heterocycles. The molecule has 0 atom stereocenters. The van der Waals surface area contributed by atoms with Gasteiger partial charge in [-0.3, -0.25) is 0 Å². The third-order valence-corrected chi connectivity index (χ3v) is 5.26. The molecule has 5 N–H and O–H groups in total. The lowest BCUT2D eigenvalue weighted by Gasteiger charge is -2.08. The van der Waals surface area contributed by atoms with Crippen molar-refractivity contribution in [1.82, 2.24) is 4.72 Å². The highest BCUT2D eigenvalue weighted by atomic mass is 32.2. The fraction of sp³-hybridized carbons (Fsp3) is 0.263. The molecule has 0 aliphatic carbocycles. The summed E-state index contributed by atoms with van der Waals surface area (Å²) in [6, 6.07) is 12.5. The monoisotopic (exact) mass is 404 g/mol. The summed E-state index contributed by atoms with van der Waals surface area (Å²) in [7, 11) is -3.52. The molecule has 0 fully saturated rings. The summed E-state index contributed by atoms with van der Waals surface area (Å²) in [6.07, 6.45) is 1.68. The average molecular weight is 404 g/mol. The Balaban J connectivity index is 1.94. The molecule has 0 bridgehead atoms. The number of nitrogens with zero attached hydrogens (tertiary/aromatic N) is 1. The number of carbonyl (C=O) groups excluding carboxylic acids is 1. The number of unbranched alkanes of at least 4 members (excludes halogenated alkanes) is 1. The van der Waals surface area contributed by atoms with Gasteiger partial charge in [0.25, 0.3) is 0 Å². The van der Waals surface area contributed by atoms with Crippen LogP contribution in [0.1, 0.15) is 35.7 Å². The van der Waals surface area contributed by atoms with Crippen LogP contribution in [0.15, 0.2) is 58.4 Å². The van der Waals surface area contributed by atoms with E-state index in [1.54, 1.807) is 36.4 Å². The number of nitrogens with two attached hydrogens (primary N) is 2. The number of hydrogen-bond acceptors (Lipinski definition) is 5. The summed E-state index contributed by atoms with van der Waals surface area (Å²) >= 11 is 0. The van der Waals surface area contributed by atoms with Crippen molar-refractivity contribution < 1.29 is 17.9 Å². The Morgan fingerprint density at radius 1 is 1.07 bits per heavy atom. The van der Waals surface area contributed by atoms with Crippen LogP contribution in [0.25, 0.3) is 0 Å². The smallest absolute Gasteiger partial charge is 0.338 e. The molecule has 0 aromatic heterocycles. The van der Waals surface area contributed by atoms with E-state index in [-0.39, 0.29) is 17.5 Å². The maximum Gasteiger partial charge on any atom is 0.338 e. The minimum atomic E-state index is -3.52. The Labute approximate surface area is 164 Å². The highest BCUT2D eigenvalue weighted by molar-refractivity contribution is 7.89. The zero-order valence-electron chi connectivity index (χ0n) is 15.6. The second kappa shape index (κ2) is 9.86. The molecule has 0 amide bonds. The molecule has 0 saturated carbocycles. The van der Waals surface area contributed by atoms with E-state index in [9.17, 15) is 13.2 Å².